The Bertz CT molecular complexity index is 238. The molecule has 0 aliphatic carbocycles. The van der Waals surface area contributed by atoms with Crippen molar-refractivity contribution in [2.75, 3.05) is 19.6 Å². The Hall–Kier alpha value is -0.610. The molecule has 86 valence electrons. The lowest BCUT2D eigenvalue weighted by Crippen LogP contribution is -2.46. The first-order valence-corrected chi connectivity index (χ1v) is 5.97. The molecular weight excluding hydrogens is 190 g/mol. The van der Waals surface area contributed by atoms with Gasteiger partial charge in [0.1, 0.15) is 0 Å². The molecular formula is C11H21N3O. The molecule has 0 spiro atoms. The summed E-state index contributed by atoms with van der Waals surface area (Å²) in [5.41, 5.74) is 5.93. The van der Waals surface area contributed by atoms with Crippen LogP contribution in [-0.4, -0.2) is 42.5 Å². The summed E-state index contributed by atoms with van der Waals surface area (Å²) in [6.45, 7) is 4.81. The van der Waals surface area contributed by atoms with Crippen LogP contribution in [0.3, 0.4) is 0 Å². The van der Waals surface area contributed by atoms with E-state index in [0.717, 1.165) is 38.9 Å². The zero-order valence-electron chi connectivity index (χ0n) is 9.41. The standard InChI is InChI=1S/C11H21N3O/c1-8-10(12)4-6-14(8)11(15)9-3-2-5-13-7-9/h8-10,13H,2-7,12H2,1H3/t8?,9-,10?/m1/s1. The SMILES string of the molecule is CC1C(N)CCN1C(=O)[C@@H]1CCCNC1. The summed E-state index contributed by atoms with van der Waals surface area (Å²) in [6.07, 6.45) is 3.10. The number of rotatable bonds is 1. The number of carbonyl (C=O) groups is 1. The van der Waals surface area contributed by atoms with Gasteiger partial charge in [-0.3, -0.25) is 4.79 Å². The molecule has 0 saturated carbocycles. The smallest absolute Gasteiger partial charge is 0.227 e. The molecule has 2 rings (SSSR count). The zero-order valence-corrected chi connectivity index (χ0v) is 9.41. The van der Waals surface area contributed by atoms with Crippen LogP contribution in [-0.2, 0) is 4.79 Å². The van der Waals surface area contributed by atoms with Gasteiger partial charge in [0.25, 0.3) is 0 Å². The largest absolute Gasteiger partial charge is 0.338 e. The first kappa shape index (κ1) is 10.9. The Morgan fingerprint density at radius 3 is 2.80 bits per heavy atom. The van der Waals surface area contributed by atoms with Crippen molar-refractivity contribution in [1.82, 2.24) is 10.2 Å². The summed E-state index contributed by atoms with van der Waals surface area (Å²) >= 11 is 0. The average Bonchev–Trinajstić information content (AvgIpc) is 2.60. The molecule has 3 N–H and O–H groups in total. The maximum Gasteiger partial charge on any atom is 0.227 e. The molecule has 2 unspecified atom stereocenters. The number of hydrogen-bond acceptors (Lipinski definition) is 3. The minimum atomic E-state index is 0.172. The van der Waals surface area contributed by atoms with Gasteiger partial charge in [0.05, 0.1) is 5.92 Å². The van der Waals surface area contributed by atoms with E-state index in [9.17, 15) is 4.79 Å². The molecule has 2 fully saturated rings. The van der Waals surface area contributed by atoms with Crippen LogP contribution in [0.5, 0.6) is 0 Å². The molecule has 0 aromatic rings. The first-order chi connectivity index (χ1) is 7.20. The van der Waals surface area contributed by atoms with Crippen LogP contribution in [0.4, 0.5) is 0 Å². The fourth-order valence-corrected chi connectivity index (χ4v) is 2.57. The quantitative estimate of drug-likeness (QED) is 0.638. The second-order valence-electron chi connectivity index (χ2n) is 4.77. The van der Waals surface area contributed by atoms with Crippen molar-refractivity contribution >= 4 is 5.91 Å². The van der Waals surface area contributed by atoms with E-state index in [2.05, 4.69) is 12.2 Å². The van der Waals surface area contributed by atoms with E-state index in [4.69, 9.17) is 5.73 Å². The molecule has 1 amide bonds. The fraction of sp³-hybridized carbons (Fsp3) is 0.909. The molecule has 2 heterocycles. The summed E-state index contributed by atoms with van der Waals surface area (Å²) in [7, 11) is 0. The van der Waals surface area contributed by atoms with Gasteiger partial charge in [-0.05, 0) is 32.7 Å². The molecule has 0 aromatic carbocycles. The highest BCUT2D eigenvalue weighted by molar-refractivity contribution is 5.80. The summed E-state index contributed by atoms with van der Waals surface area (Å²) in [5.74, 6) is 0.495. The number of piperidine rings is 1. The van der Waals surface area contributed by atoms with Crippen molar-refractivity contribution in [1.29, 1.82) is 0 Å². The summed E-state index contributed by atoms with van der Waals surface area (Å²) in [6, 6.07) is 0.393. The number of nitrogens with two attached hydrogens (primary N) is 1. The number of amides is 1. The predicted molar refractivity (Wildman–Crippen MR) is 59.4 cm³/mol. The van der Waals surface area contributed by atoms with Crippen molar-refractivity contribution in [3.8, 4) is 0 Å². The first-order valence-electron chi connectivity index (χ1n) is 5.97. The third-order valence-corrected chi connectivity index (χ3v) is 3.74. The van der Waals surface area contributed by atoms with Crippen LogP contribution in [0, 0.1) is 5.92 Å². The van der Waals surface area contributed by atoms with Gasteiger partial charge < -0.3 is 16.0 Å². The van der Waals surface area contributed by atoms with E-state index in [1.165, 1.54) is 0 Å². The van der Waals surface area contributed by atoms with E-state index in [-0.39, 0.29) is 18.0 Å². The fourth-order valence-electron chi connectivity index (χ4n) is 2.57. The van der Waals surface area contributed by atoms with E-state index >= 15 is 0 Å². The van der Waals surface area contributed by atoms with Crippen LogP contribution in [0.25, 0.3) is 0 Å². The van der Waals surface area contributed by atoms with Crippen LogP contribution >= 0.6 is 0 Å². The highest BCUT2D eigenvalue weighted by Crippen LogP contribution is 2.21. The van der Waals surface area contributed by atoms with Crippen molar-refractivity contribution in [3.63, 3.8) is 0 Å². The van der Waals surface area contributed by atoms with Crippen LogP contribution in [0.2, 0.25) is 0 Å². The molecule has 0 aromatic heterocycles. The van der Waals surface area contributed by atoms with E-state index in [0.29, 0.717) is 5.91 Å². The van der Waals surface area contributed by atoms with E-state index < -0.39 is 0 Å². The second-order valence-corrected chi connectivity index (χ2v) is 4.77. The van der Waals surface area contributed by atoms with Crippen molar-refractivity contribution in [3.05, 3.63) is 0 Å². The Morgan fingerprint density at radius 2 is 2.27 bits per heavy atom. The number of nitrogens with zero attached hydrogens (tertiary/aromatic N) is 1. The Balaban J connectivity index is 1.95. The Kier molecular flexibility index (Phi) is 3.26. The van der Waals surface area contributed by atoms with Crippen molar-refractivity contribution < 1.29 is 4.79 Å². The monoisotopic (exact) mass is 211 g/mol. The summed E-state index contributed by atoms with van der Waals surface area (Å²) in [4.78, 5) is 14.2. The van der Waals surface area contributed by atoms with Gasteiger partial charge in [0.15, 0.2) is 0 Å². The van der Waals surface area contributed by atoms with Gasteiger partial charge in [-0.1, -0.05) is 0 Å². The normalized spacial score (nSPS) is 36.9. The summed E-state index contributed by atoms with van der Waals surface area (Å²) in [5, 5.41) is 3.29. The molecule has 2 aliphatic rings. The lowest BCUT2D eigenvalue weighted by atomic mass is 9.98. The number of likely N-dealkylation sites (tertiary alicyclic amines) is 1. The molecule has 2 saturated heterocycles. The van der Waals surface area contributed by atoms with Gasteiger partial charge >= 0.3 is 0 Å². The molecule has 0 bridgehead atoms. The third-order valence-electron chi connectivity index (χ3n) is 3.74. The van der Waals surface area contributed by atoms with Crippen molar-refractivity contribution in [2.45, 2.75) is 38.3 Å². The minimum absolute atomic E-state index is 0.172. The minimum Gasteiger partial charge on any atom is -0.338 e. The maximum atomic E-state index is 12.2. The average molecular weight is 211 g/mol. The molecule has 15 heavy (non-hydrogen) atoms. The molecule has 0 radical (unpaired) electrons. The second kappa shape index (κ2) is 4.49. The Labute approximate surface area is 91.2 Å². The molecule has 4 heteroatoms. The zero-order chi connectivity index (χ0) is 10.8. The van der Waals surface area contributed by atoms with Gasteiger partial charge in [0.2, 0.25) is 5.91 Å². The molecule has 4 nitrogen and oxygen atoms in total. The summed E-state index contributed by atoms with van der Waals surface area (Å²) < 4.78 is 0. The van der Waals surface area contributed by atoms with Gasteiger partial charge in [-0.2, -0.15) is 0 Å². The predicted octanol–water partition coefficient (Wildman–Crippen LogP) is -0.0659. The highest BCUT2D eigenvalue weighted by atomic mass is 16.2. The topological polar surface area (TPSA) is 58.4 Å². The van der Waals surface area contributed by atoms with E-state index in [1.807, 2.05) is 4.90 Å². The van der Waals surface area contributed by atoms with Gasteiger partial charge in [-0.25, -0.2) is 0 Å². The molecule has 2 aliphatic heterocycles. The number of carbonyl (C=O) groups excluding carboxylic acids is 1. The lowest BCUT2D eigenvalue weighted by Gasteiger charge is -2.30. The van der Waals surface area contributed by atoms with Crippen LogP contribution in [0.15, 0.2) is 0 Å². The van der Waals surface area contributed by atoms with Gasteiger partial charge in [0, 0.05) is 25.2 Å². The van der Waals surface area contributed by atoms with Crippen LogP contribution < -0.4 is 11.1 Å². The van der Waals surface area contributed by atoms with Crippen molar-refractivity contribution in [2.24, 2.45) is 11.7 Å². The lowest BCUT2D eigenvalue weighted by molar-refractivity contribution is -0.136. The third kappa shape index (κ3) is 2.16. The van der Waals surface area contributed by atoms with E-state index in [1.54, 1.807) is 0 Å². The maximum absolute atomic E-state index is 12.2. The van der Waals surface area contributed by atoms with Crippen LogP contribution in [0.1, 0.15) is 26.2 Å². The number of nitrogens with one attached hydrogen (secondary N) is 1. The molecule has 3 atom stereocenters. The van der Waals surface area contributed by atoms with Gasteiger partial charge in [-0.15, -0.1) is 0 Å². The highest BCUT2D eigenvalue weighted by Gasteiger charge is 2.35. The number of hydrogen-bond donors (Lipinski definition) is 2. The Morgan fingerprint density at radius 1 is 1.47 bits per heavy atom.